The Morgan fingerprint density at radius 2 is 2.17 bits per heavy atom. The highest BCUT2D eigenvalue weighted by Gasteiger charge is 2.13. The van der Waals surface area contributed by atoms with Gasteiger partial charge < -0.3 is 10.6 Å². The lowest BCUT2D eigenvalue weighted by atomic mass is 10.0. The molecule has 1 aliphatic heterocycles. The largest absolute Gasteiger partial charge is 0.341 e. The standard InChI is InChI=1S/C8H16N2OS/c1-9-8(11)10-6-7-2-4-12-5-3-7/h7H,2-6H2,1H3,(H2,9,10,11). The second-order valence-electron chi connectivity index (χ2n) is 3.02. The molecular formula is C8H16N2OS. The molecule has 0 spiro atoms. The molecule has 12 heavy (non-hydrogen) atoms. The van der Waals surface area contributed by atoms with Crippen LogP contribution in [0.25, 0.3) is 0 Å². The Bertz CT molecular complexity index is 146. The van der Waals surface area contributed by atoms with E-state index in [0.29, 0.717) is 5.92 Å². The van der Waals surface area contributed by atoms with Crippen molar-refractivity contribution in [3.63, 3.8) is 0 Å². The van der Waals surface area contributed by atoms with Crippen molar-refractivity contribution in [2.75, 3.05) is 25.1 Å². The summed E-state index contributed by atoms with van der Waals surface area (Å²) in [5.41, 5.74) is 0. The van der Waals surface area contributed by atoms with Gasteiger partial charge in [0.1, 0.15) is 0 Å². The van der Waals surface area contributed by atoms with Crippen molar-refractivity contribution in [1.82, 2.24) is 10.6 Å². The van der Waals surface area contributed by atoms with Gasteiger partial charge in [0.05, 0.1) is 0 Å². The lowest BCUT2D eigenvalue weighted by molar-refractivity contribution is 0.240. The first-order chi connectivity index (χ1) is 5.83. The smallest absolute Gasteiger partial charge is 0.314 e. The molecular weight excluding hydrogens is 172 g/mol. The lowest BCUT2D eigenvalue weighted by Gasteiger charge is -2.21. The number of amides is 2. The minimum Gasteiger partial charge on any atom is -0.341 e. The number of carbonyl (C=O) groups excluding carboxylic acids is 1. The molecule has 4 heteroatoms. The fourth-order valence-corrected chi connectivity index (χ4v) is 2.48. The Morgan fingerprint density at radius 1 is 1.50 bits per heavy atom. The molecule has 0 bridgehead atoms. The fraction of sp³-hybridized carbons (Fsp3) is 0.875. The zero-order valence-electron chi connectivity index (χ0n) is 7.43. The summed E-state index contributed by atoms with van der Waals surface area (Å²) in [4.78, 5) is 10.8. The molecule has 0 saturated carbocycles. The van der Waals surface area contributed by atoms with Crippen LogP contribution in [0.2, 0.25) is 0 Å². The van der Waals surface area contributed by atoms with Crippen molar-refractivity contribution in [3.8, 4) is 0 Å². The molecule has 0 aromatic rings. The predicted octanol–water partition coefficient (Wildman–Crippen LogP) is 1.06. The minimum absolute atomic E-state index is 0.0618. The van der Waals surface area contributed by atoms with Gasteiger partial charge in [-0.25, -0.2) is 4.79 Å². The number of hydrogen-bond acceptors (Lipinski definition) is 2. The van der Waals surface area contributed by atoms with E-state index in [2.05, 4.69) is 10.6 Å². The summed E-state index contributed by atoms with van der Waals surface area (Å²) in [7, 11) is 1.64. The van der Waals surface area contributed by atoms with Crippen molar-refractivity contribution in [3.05, 3.63) is 0 Å². The zero-order valence-corrected chi connectivity index (χ0v) is 8.25. The number of hydrogen-bond donors (Lipinski definition) is 2. The number of nitrogens with one attached hydrogen (secondary N) is 2. The van der Waals surface area contributed by atoms with Gasteiger partial charge in [-0.15, -0.1) is 0 Å². The van der Waals surface area contributed by atoms with Gasteiger partial charge in [-0.05, 0) is 30.3 Å². The highest BCUT2D eigenvalue weighted by molar-refractivity contribution is 7.99. The fourth-order valence-electron chi connectivity index (χ4n) is 1.28. The summed E-state index contributed by atoms with van der Waals surface area (Å²) in [6.07, 6.45) is 2.49. The molecule has 0 aromatic carbocycles. The van der Waals surface area contributed by atoms with Gasteiger partial charge in [-0.2, -0.15) is 11.8 Å². The predicted molar refractivity (Wildman–Crippen MR) is 52.5 cm³/mol. The van der Waals surface area contributed by atoms with Crippen molar-refractivity contribution in [1.29, 1.82) is 0 Å². The molecule has 0 aromatic heterocycles. The van der Waals surface area contributed by atoms with Crippen LogP contribution in [0.5, 0.6) is 0 Å². The van der Waals surface area contributed by atoms with Crippen LogP contribution in [0.3, 0.4) is 0 Å². The third-order valence-electron chi connectivity index (χ3n) is 2.12. The van der Waals surface area contributed by atoms with Crippen molar-refractivity contribution >= 4 is 17.8 Å². The van der Waals surface area contributed by atoms with Crippen LogP contribution in [-0.2, 0) is 0 Å². The maximum absolute atomic E-state index is 10.8. The van der Waals surface area contributed by atoms with Crippen LogP contribution in [-0.4, -0.2) is 31.1 Å². The third kappa shape index (κ3) is 3.34. The molecule has 1 aliphatic rings. The van der Waals surface area contributed by atoms with E-state index in [0.717, 1.165) is 6.54 Å². The number of thioether (sulfide) groups is 1. The topological polar surface area (TPSA) is 41.1 Å². The third-order valence-corrected chi connectivity index (χ3v) is 3.17. The first-order valence-corrected chi connectivity index (χ1v) is 5.51. The summed E-state index contributed by atoms with van der Waals surface area (Å²) in [5.74, 6) is 3.20. The van der Waals surface area contributed by atoms with Crippen molar-refractivity contribution in [2.45, 2.75) is 12.8 Å². The van der Waals surface area contributed by atoms with Crippen LogP contribution in [0, 0.1) is 5.92 Å². The molecule has 1 heterocycles. The average molecular weight is 188 g/mol. The molecule has 3 nitrogen and oxygen atoms in total. The number of carbonyl (C=O) groups is 1. The maximum Gasteiger partial charge on any atom is 0.314 e. The molecule has 0 atom stereocenters. The van der Waals surface area contributed by atoms with Gasteiger partial charge in [0.25, 0.3) is 0 Å². The Morgan fingerprint density at radius 3 is 2.75 bits per heavy atom. The van der Waals surface area contributed by atoms with E-state index in [4.69, 9.17) is 0 Å². The minimum atomic E-state index is -0.0618. The SMILES string of the molecule is CNC(=O)NCC1CCSCC1. The van der Waals surface area contributed by atoms with Crippen LogP contribution < -0.4 is 10.6 Å². The molecule has 1 rings (SSSR count). The van der Waals surface area contributed by atoms with Crippen LogP contribution >= 0.6 is 11.8 Å². The molecule has 0 aliphatic carbocycles. The summed E-state index contributed by atoms with van der Waals surface area (Å²) in [5, 5.41) is 5.39. The summed E-state index contributed by atoms with van der Waals surface area (Å²) >= 11 is 2.01. The van der Waals surface area contributed by atoms with Crippen LogP contribution in [0.4, 0.5) is 4.79 Å². The Kier molecular flexibility index (Phi) is 4.29. The van der Waals surface area contributed by atoms with Gasteiger partial charge in [-0.3, -0.25) is 0 Å². The molecule has 1 saturated heterocycles. The summed E-state index contributed by atoms with van der Waals surface area (Å²) in [6, 6.07) is -0.0618. The Hall–Kier alpha value is -0.380. The van der Waals surface area contributed by atoms with E-state index in [1.165, 1.54) is 24.3 Å². The monoisotopic (exact) mass is 188 g/mol. The van der Waals surface area contributed by atoms with Gasteiger partial charge in [0.15, 0.2) is 0 Å². The number of rotatable bonds is 2. The second-order valence-corrected chi connectivity index (χ2v) is 4.24. The van der Waals surface area contributed by atoms with Crippen molar-refractivity contribution in [2.24, 2.45) is 5.92 Å². The van der Waals surface area contributed by atoms with E-state index in [-0.39, 0.29) is 6.03 Å². The summed E-state index contributed by atoms with van der Waals surface area (Å²) < 4.78 is 0. The van der Waals surface area contributed by atoms with E-state index in [1.807, 2.05) is 11.8 Å². The van der Waals surface area contributed by atoms with E-state index < -0.39 is 0 Å². The van der Waals surface area contributed by atoms with Crippen LogP contribution in [0.1, 0.15) is 12.8 Å². The van der Waals surface area contributed by atoms with Gasteiger partial charge in [0.2, 0.25) is 0 Å². The summed E-state index contributed by atoms with van der Waals surface area (Å²) in [6.45, 7) is 0.834. The van der Waals surface area contributed by atoms with Gasteiger partial charge in [0, 0.05) is 13.6 Å². The van der Waals surface area contributed by atoms with E-state index >= 15 is 0 Å². The maximum atomic E-state index is 10.8. The molecule has 0 unspecified atom stereocenters. The molecule has 70 valence electrons. The highest BCUT2D eigenvalue weighted by Crippen LogP contribution is 2.21. The molecule has 0 radical (unpaired) electrons. The van der Waals surface area contributed by atoms with Crippen LogP contribution in [0.15, 0.2) is 0 Å². The second kappa shape index (κ2) is 5.30. The molecule has 2 amide bonds. The Balaban J connectivity index is 2.09. The number of urea groups is 1. The van der Waals surface area contributed by atoms with E-state index in [9.17, 15) is 4.79 Å². The van der Waals surface area contributed by atoms with Gasteiger partial charge in [-0.1, -0.05) is 0 Å². The average Bonchev–Trinajstić information content (AvgIpc) is 2.16. The van der Waals surface area contributed by atoms with Gasteiger partial charge >= 0.3 is 6.03 Å². The molecule has 2 N–H and O–H groups in total. The highest BCUT2D eigenvalue weighted by atomic mass is 32.2. The Labute approximate surface area is 77.7 Å². The quantitative estimate of drug-likeness (QED) is 0.680. The first-order valence-electron chi connectivity index (χ1n) is 4.36. The van der Waals surface area contributed by atoms with E-state index in [1.54, 1.807) is 7.05 Å². The zero-order chi connectivity index (χ0) is 8.81. The van der Waals surface area contributed by atoms with Crippen molar-refractivity contribution < 1.29 is 4.79 Å². The first kappa shape index (κ1) is 9.71. The normalized spacial score (nSPS) is 18.8. The molecule has 1 fully saturated rings. The lowest BCUT2D eigenvalue weighted by Crippen LogP contribution is -2.36.